The van der Waals surface area contributed by atoms with Gasteiger partial charge in [-0.25, -0.2) is 0 Å². The first-order valence-corrected chi connectivity index (χ1v) is 14.6. The summed E-state index contributed by atoms with van der Waals surface area (Å²) in [5.74, 6) is -3.20. The third-order valence-electron chi connectivity index (χ3n) is 7.01. The third-order valence-corrected chi connectivity index (χ3v) is 10.1. The molecular formula is C32H25EuF3NO4P. The van der Waals surface area contributed by atoms with Gasteiger partial charge in [0.15, 0.2) is 7.14 Å². The van der Waals surface area contributed by atoms with Gasteiger partial charge in [0.25, 0.3) is 11.3 Å². The SMILES string of the molecule is O=C(c1c(O)c2cccc3c2n(c1=O)CCC3)C(F)(F)F.O=P(c1ccccc1)(c1ccccc1)c1ccccc1.[Eu]. The number of rotatable bonds is 4. The van der Waals surface area contributed by atoms with E-state index >= 15 is 0 Å². The summed E-state index contributed by atoms with van der Waals surface area (Å²) < 4.78 is 52.8. The summed E-state index contributed by atoms with van der Waals surface area (Å²) in [7, 11) is -2.78. The Bertz CT molecular complexity index is 1720. The van der Waals surface area contributed by atoms with E-state index in [0.717, 1.165) is 26.0 Å². The smallest absolute Gasteiger partial charge is 0.455 e. The molecule has 6 rings (SSSR count). The summed E-state index contributed by atoms with van der Waals surface area (Å²) in [5.41, 5.74) is -1.11. The summed E-state index contributed by atoms with van der Waals surface area (Å²) in [6.45, 7) is 0.227. The molecule has 1 radical (unpaired) electrons. The van der Waals surface area contributed by atoms with Crippen molar-refractivity contribution in [3.63, 3.8) is 0 Å². The van der Waals surface area contributed by atoms with Crippen molar-refractivity contribution < 1.29 is 77.0 Å². The number of hydrogen-bond acceptors (Lipinski definition) is 4. The number of aryl methyl sites for hydroxylation is 2. The molecule has 10 heteroatoms. The van der Waals surface area contributed by atoms with Gasteiger partial charge in [0.2, 0.25) is 0 Å². The molecule has 215 valence electrons. The number of nitrogens with zero attached hydrogens (tertiary/aromatic N) is 1. The standard InChI is InChI=1S/C18H15OP.C14H10F3NO3.Eu/c19-20(16-10-4-1-5-11-16,17-12-6-2-7-13-17)18-14-8-3-9-15-18;15-14(16,17)12(20)9-11(19)8-5-1-3-7-4-2-6-18(10(7)8)13(9)21;/h1-15H;1,3,5,19H,2,4,6H2;. The van der Waals surface area contributed by atoms with Crippen LogP contribution in [0.5, 0.6) is 5.75 Å². The van der Waals surface area contributed by atoms with Crippen molar-refractivity contribution in [1.82, 2.24) is 4.57 Å². The van der Waals surface area contributed by atoms with Crippen LogP contribution in [0.3, 0.4) is 0 Å². The van der Waals surface area contributed by atoms with Crippen LogP contribution < -0.4 is 21.5 Å². The molecule has 1 aliphatic rings. The normalized spacial score (nSPS) is 12.5. The summed E-state index contributed by atoms with van der Waals surface area (Å²) in [6, 6.07) is 33.9. The summed E-state index contributed by atoms with van der Waals surface area (Å²) >= 11 is 0. The van der Waals surface area contributed by atoms with Gasteiger partial charge in [-0.2, -0.15) is 13.2 Å². The Hall–Kier alpha value is -2.84. The van der Waals surface area contributed by atoms with Crippen molar-refractivity contribution in [3.8, 4) is 5.75 Å². The predicted molar refractivity (Wildman–Crippen MR) is 154 cm³/mol. The van der Waals surface area contributed by atoms with Crippen LogP contribution in [0.1, 0.15) is 22.3 Å². The molecule has 1 aromatic heterocycles. The fourth-order valence-electron chi connectivity index (χ4n) is 5.12. The molecule has 4 aromatic carbocycles. The molecule has 42 heavy (non-hydrogen) atoms. The van der Waals surface area contributed by atoms with Crippen molar-refractivity contribution in [2.24, 2.45) is 0 Å². The van der Waals surface area contributed by atoms with Crippen molar-refractivity contribution >= 4 is 39.7 Å². The first-order chi connectivity index (χ1) is 19.6. The van der Waals surface area contributed by atoms with Gasteiger partial charge in [-0.05, 0) is 24.5 Å². The molecular weight excluding hydrogens is 702 g/mol. The number of alkyl halides is 3. The summed E-state index contributed by atoms with van der Waals surface area (Å²) in [5, 5.41) is 12.7. The number of carbonyl (C=O) groups is 1. The Kier molecular flexibility index (Phi) is 10.1. The first-order valence-electron chi connectivity index (χ1n) is 12.9. The van der Waals surface area contributed by atoms with Gasteiger partial charge in [0.05, 0.1) is 5.52 Å². The minimum Gasteiger partial charge on any atom is -0.506 e. The molecule has 1 aliphatic heterocycles. The zero-order valence-electron chi connectivity index (χ0n) is 22.1. The second-order valence-electron chi connectivity index (χ2n) is 9.54. The molecule has 0 saturated carbocycles. The van der Waals surface area contributed by atoms with Gasteiger partial charge in [-0.1, -0.05) is 103 Å². The molecule has 5 aromatic rings. The van der Waals surface area contributed by atoms with E-state index in [2.05, 4.69) is 0 Å². The zero-order valence-corrected chi connectivity index (χ0v) is 25.4. The average molecular weight is 727 g/mol. The van der Waals surface area contributed by atoms with Gasteiger partial charge in [0, 0.05) is 77.2 Å². The Morgan fingerprint density at radius 3 is 1.69 bits per heavy atom. The topological polar surface area (TPSA) is 76.4 Å². The Balaban J connectivity index is 0.000000189. The van der Waals surface area contributed by atoms with Gasteiger partial charge >= 0.3 is 6.18 Å². The first kappa shape index (κ1) is 32.1. The monoisotopic (exact) mass is 728 g/mol. The fourth-order valence-corrected chi connectivity index (χ4v) is 7.79. The molecule has 0 fully saturated rings. The van der Waals surface area contributed by atoms with Crippen molar-refractivity contribution in [3.05, 3.63) is 131 Å². The van der Waals surface area contributed by atoms with Crippen LogP contribution in [-0.4, -0.2) is 21.6 Å². The van der Waals surface area contributed by atoms with Gasteiger partial charge in [-0.3, -0.25) is 9.59 Å². The molecule has 0 saturated heterocycles. The van der Waals surface area contributed by atoms with Crippen molar-refractivity contribution in [2.45, 2.75) is 25.6 Å². The van der Waals surface area contributed by atoms with Crippen LogP contribution in [0.2, 0.25) is 0 Å². The number of hydrogen-bond donors (Lipinski definition) is 1. The van der Waals surface area contributed by atoms with E-state index < -0.39 is 36.0 Å². The van der Waals surface area contributed by atoms with Crippen LogP contribution in [-0.2, 0) is 17.5 Å². The van der Waals surface area contributed by atoms with Crippen LogP contribution in [0.4, 0.5) is 13.2 Å². The molecule has 0 amide bonds. The van der Waals surface area contributed by atoms with Crippen LogP contribution in [0.15, 0.2) is 114 Å². The number of ketones is 1. The molecule has 1 N–H and O–H groups in total. The predicted octanol–water partition coefficient (Wildman–Crippen LogP) is 5.72. The molecule has 2 heterocycles. The number of carbonyl (C=O) groups excluding carboxylic acids is 1. The van der Waals surface area contributed by atoms with E-state index in [-0.39, 0.29) is 61.3 Å². The number of benzene rings is 4. The van der Waals surface area contributed by atoms with Crippen LogP contribution in [0.25, 0.3) is 10.9 Å². The molecule has 0 unspecified atom stereocenters. The third kappa shape index (κ3) is 6.11. The van der Waals surface area contributed by atoms with Crippen LogP contribution in [0, 0.1) is 49.4 Å². The van der Waals surface area contributed by atoms with E-state index in [0.29, 0.717) is 18.4 Å². The van der Waals surface area contributed by atoms with E-state index in [1.54, 1.807) is 12.1 Å². The Morgan fingerprint density at radius 1 is 0.762 bits per heavy atom. The Labute approximate surface area is 280 Å². The van der Waals surface area contributed by atoms with Gasteiger partial charge in [-0.15, -0.1) is 0 Å². The second kappa shape index (κ2) is 13.2. The van der Waals surface area contributed by atoms with E-state index in [1.807, 2.05) is 91.0 Å². The number of Topliss-reactive ketones (excluding diaryl/α,β-unsaturated/α-hetero) is 1. The van der Waals surface area contributed by atoms with Gasteiger partial charge < -0.3 is 14.2 Å². The van der Waals surface area contributed by atoms with E-state index in [4.69, 9.17) is 0 Å². The number of aromatic hydroxyl groups is 1. The van der Waals surface area contributed by atoms with E-state index in [9.17, 15) is 32.4 Å². The minimum absolute atomic E-state index is 0. The maximum atomic E-state index is 13.8. The fraction of sp³-hybridized carbons (Fsp3) is 0.125. The van der Waals surface area contributed by atoms with Gasteiger partial charge in [0.1, 0.15) is 11.3 Å². The maximum absolute atomic E-state index is 13.8. The average Bonchev–Trinajstić information content (AvgIpc) is 3.00. The molecule has 0 spiro atoms. The zero-order chi connectivity index (χ0) is 29.2. The molecule has 0 aliphatic carbocycles. The van der Waals surface area contributed by atoms with Crippen LogP contribution >= 0.6 is 7.14 Å². The quantitative estimate of drug-likeness (QED) is 0.190. The maximum Gasteiger partial charge on any atom is 0.455 e. The molecule has 5 nitrogen and oxygen atoms in total. The number of halogens is 3. The van der Waals surface area contributed by atoms with E-state index in [1.165, 1.54) is 6.07 Å². The Morgan fingerprint density at radius 2 is 1.24 bits per heavy atom. The molecule has 0 atom stereocenters. The largest absolute Gasteiger partial charge is 0.506 e. The molecule has 0 bridgehead atoms. The van der Waals surface area contributed by atoms with Crippen molar-refractivity contribution in [1.29, 1.82) is 0 Å². The summed E-state index contributed by atoms with van der Waals surface area (Å²) in [6.07, 6.45) is -3.94. The number of para-hydroxylation sites is 1. The minimum atomic E-state index is -5.20. The summed E-state index contributed by atoms with van der Waals surface area (Å²) in [4.78, 5) is 23.6. The van der Waals surface area contributed by atoms with Crippen molar-refractivity contribution in [2.75, 3.05) is 0 Å². The second-order valence-corrected chi connectivity index (χ2v) is 12.3. The number of pyridine rings is 1. The number of aromatic nitrogens is 1.